The van der Waals surface area contributed by atoms with Gasteiger partial charge in [-0.1, -0.05) is 74.4 Å². The zero-order chi connectivity index (χ0) is 26.6. The lowest BCUT2D eigenvalue weighted by Gasteiger charge is -2.37. The molecule has 0 bridgehead atoms. The number of fused-ring (bicyclic) bond motifs is 1. The molecule has 2 aromatic heterocycles. The number of rotatable bonds is 8. The normalized spacial score (nSPS) is 17.3. The molecule has 0 spiro atoms. The van der Waals surface area contributed by atoms with Crippen LogP contribution in [0, 0.1) is 6.92 Å². The van der Waals surface area contributed by atoms with Crippen LogP contribution in [0.3, 0.4) is 0 Å². The summed E-state index contributed by atoms with van der Waals surface area (Å²) in [5.74, 6) is 0.510. The Kier molecular flexibility index (Phi) is 8.14. The van der Waals surface area contributed by atoms with Gasteiger partial charge in [0.05, 0.1) is 10.5 Å². The number of hydrogen-bond donors (Lipinski definition) is 0. The number of carbonyl (C=O) groups is 1. The van der Waals surface area contributed by atoms with Gasteiger partial charge in [0, 0.05) is 44.6 Å². The molecule has 2 fully saturated rings. The van der Waals surface area contributed by atoms with E-state index < -0.39 is 0 Å². The van der Waals surface area contributed by atoms with Crippen molar-refractivity contribution in [3.63, 3.8) is 0 Å². The Hall–Kier alpha value is -3.17. The summed E-state index contributed by atoms with van der Waals surface area (Å²) in [5.41, 5.74) is 3.02. The number of amides is 1. The van der Waals surface area contributed by atoms with E-state index in [4.69, 9.17) is 17.2 Å². The largest absolute Gasteiger partial charge is 0.368 e. The number of unbranched alkanes of at least 4 members (excludes halogenated alkanes) is 3. The number of para-hydroxylation sites is 1. The molecule has 4 heterocycles. The number of benzene rings is 1. The highest BCUT2D eigenvalue weighted by Crippen LogP contribution is 2.34. The average molecular weight is 548 g/mol. The second-order valence-electron chi connectivity index (χ2n) is 9.74. The lowest BCUT2D eigenvalue weighted by molar-refractivity contribution is -0.122. The van der Waals surface area contributed by atoms with E-state index in [1.165, 1.54) is 17.4 Å². The predicted molar refractivity (Wildman–Crippen MR) is 161 cm³/mol. The summed E-state index contributed by atoms with van der Waals surface area (Å²) in [7, 11) is 0. The van der Waals surface area contributed by atoms with Gasteiger partial charge in [-0.3, -0.25) is 18.9 Å². The first kappa shape index (κ1) is 26.4. The maximum absolute atomic E-state index is 13.8. The molecule has 9 heteroatoms. The quantitative estimate of drug-likeness (QED) is 0.221. The molecule has 3 aromatic rings. The summed E-state index contributed by atoms with van der Waals surface area (Å²) in [4.78, 5) is 38.8. The van der Waals surface area contributed by atoms with E-state index in [0.717, 1.165) is 57.4 Å². The predicted octanol–water partition coefficient (Wildman–Crippen LogP) is 5.11. The molecule has 38 heavy (non-hydrogen) atoms. The monoisotopic (exact) mass is 547 g/mol. The minimum atomic E-state index is -0.174. The van der Waals surface area contributed by atoms with E-state index in [1.54, 1.807) is 21.6 Å². The summed E-state index contributed by atoms with van der Waals surface area (Å²) < 4.78 is 2.14. The van der Waals surface area contributed by atoms with Gasteiger partial charge in [0.15, 0.2) is 0 Å². The highest BCUT2D eigenvalue weighted by Gasteiger charge is 2.33. The number of pyridine rings is 1. The molecule has 198 valence electrons. The van der Waals surface area contributed by atoms with Gasteiger partial charge in [0.1, 0.15) is 15.8 Å². The number of thioether (sulfide) groups is 1. The van der Waals surface area contributed by atoms with E-state index in [2.05, 4.69) is 41.0 Å². The zero-order valence-corrected chi connectivity index (χ0v) is 23.6. The number of piperazine rings is 1. The SMILES string of the molecule is CCCCCCN1C(=O)/C(=C/c2c(N3CCN(c4ccccc4)CC3)nc3c(C)cccn3c2=O)SC1=S. The molecule has 0 unspecified atom stereocenters. The third kappa shape index (κ3) is 5.35. The molecular formula is C29H33N5O2S2. The van der Waals surface area contributed by atoms with Crippen LogP contribution in [-0.2, 0) is 4.79 Å². The lowest BCUT2D eigenvalue weighted by atomic mass is 10.2. The molecule has 0 atom stereocenters. The van der Waals surface area contributed by atoms with Crippen molar-refractivity contribution in [2.45, 2.75) is 39.5 Å². The van der Waals surface area contributed by atoms with E-state index in [1.807, 2.05) is 25.1 Å². The minimum absolute atomic E-state index is 0.120. The smallest absolute Gasteiger partial charge is 0.267 e. The molecule has 1 aromatic carbocycles. The van der Waals surface area contributed by atoms with Crippen molar-refractivity contribution in [3.8, 4) is 0 Å². The number of aryl methyl sites for hydroxylation is 1. The first-order valence-electron chi connectivity index (χ1n) is 13.3. The Balaban J connectivity index is 1.48. The van der Waals surface area contributed by atoms with Crippen molar-refractivity contribution < 1.29 is 4.79 Å². The fraction of sp³-hybridized carbons (Fsp3) is 0.379. The van der Waals surface area contributed by atoms with Crippen LogP contribution in [0.4, 0.5) is 11.5 Å². The maximum atomic E-state index is 13.8. The van der Waals surface area contributed by atoms with Gasteiger partial charge in [0.2, 0.25) is 0 Å². The van der Waals surface area contributed by atoms with E-state index >= 15 is 0 Å². The van der Waals surface area contributed by atoms with Crippen LogP contribution in [0.2, 0.25) is 0 Å². The third-order valence-electron chi connectivity index (χ3n) is 7.15. The molecule has 2 aliphatic rings. The summed E-state index contributed by atoms with van der Waals surface area (Å²) in [6.07, 6.45) is 7.73. The van der Waals surface area contributed by atoms with Crippen molar-refractivity contribution in [1.29, 1.82) is 0 Å². The molecule has 1 amide bonds. The van der Waals surface area contributed by atoms with Crippen LogP contribution < -0.4 is 15.4 Å². The Bertz CT molecular complexity index is 1430. The van der Waals surface area contributed by atoms with Crippen LogP contribution in [0.1, 0.15) is 43.7 Å². The second-order valence-corrected chi connectivity index (χ2v) is 11.4. The molecule has 5 rings (SSSR count). The Morgan fingerprint density at radius 1 is 0.974 bits per heavy atom. The van der Waals surface area contributed by atoms with Crippen molar-refractivity contribution in [2.75, 3.05) is 42.5 Å². The van der Waals surface area contributed by atoms with Crippen LogP contribution >= 0.6 is 24.0 Å². The van der Waals surface area contributed by atoms with Crippen molar-refractivity contribution in [2.24, 2.45) is 0 Å². The fourth-order valence-electron chi connectivity index (χ4n) is 5.00. The Morgan fingerprint density at radius 3 is 2.45 bits per heavy atom. The lowest BCUT2D eigenvalue weighted by Crippen LogP contribution is -2.47. The van der Waals surface area contributed by atoms with E-state index in [-0.39, 0.29) is 11.5 Å². The highest BCUT2D eigenvalue weighted by molar-refractivity contribution is 8.26. The Morgan fingerprint density at radius 2 is 1.71 bits per heavy atom. The van der Waals surface area contributed by atoms with Gasteiger partial charge in [-0.25, -0.2) is 4.98 Å². The standard InChI is InChI=1S/C29H33N5O2S2/c1-3-4-5-9-14-34-28(36)24(38-29(34)37)20-23-26(30-25-21(2)11-10-15-33(25)27(23)35)32-18-16-31(17-19-32)22-12-7-6-8-13-22/h6-8,10-13,15,20H,3-5,9,14,16-19H2,1-2H3/b24-20-. The summed E-state index contributed by atoms with van der Waals surface area (Å²) in [6, 6.07) is 14.2. The second kappa shape index (κ2) is 11.7. The molecule has 2 aliphatic heterocycles. The molecular weight excluding hydrogens is 514 g/mol. The zero-order valence-electron chi connectivity index (χ0n) is 21.9. The molecule has 2 saturated heterocycles. The van der Waals surface area contributed by atoms with Crippen LogP contribution in [0.15, 0.2) is 58.4 Å². The summed E-state index contributed by atoms with van der Waals surface area (Å²) in [5, 5.41) is 0. The highest BCUT2D eigenvalue weighted by atomic mass is 32.2. The van der Waals surface area contributed by atoms with Gasteiger partial charge in [0.25, 0.3) is 11.5 Å². The van der Waals surface area contributed by atoms with Gasteiger partial charge in [-0.05, 0) is 43.2 Å². The van der Waals surface area contributed by atoms with Crippen LogP contribution in [0.25, 0.3) is 11.7 Å². The van der Waals surface area contributed by atoms with Crippen LogP contribution in [-0.4, -0.2) is 57.2 Å². The van der Waals surface area contributed by atoms with Gasteiger partial charge >= 0.3 is 0 Å². The van der Waals surface area contributed by atoms with E-state index in [9.17, 15) is 9.59 Å². The molecule has 0 aliphatic carbocycles. The van der Waals surface area contributed by atoms with Crippen LogP contribution in [0.5, 0.6) is 0 Å². The first-order chi connectivity index (χ1) is 18.5. The number of hydrogen-bond acceptors (Lipinski definition) is 7. The van der Waals surface area contributed by atoms with Crippen molar-refractivity contribution >= 4 is 57.4 Å². The topological polar surface area (TPSA) is 61.2 Å². The van der Waals surface area contributed by atoms with Crippen molar-refractivity contribution in [3.05, 3.63) is 75.0 Å². The van der Waals surface area contributed by atoms with E-state index in [0.29, 0.717) is 32.8 Å². The number of carbonyl (C=O) groups excluding carboxylic acids is 1. The molecule has 7 nitrogen and oxygen atoms in total. The number of anilines is 2. The minimum Gasteiger partial charge on any atom is -0.368 e. The van der Waals surface area contributed by atoms with Gasteiger partial charge in [-0.15, -0.1) is 0 Å². The fourth-order valence-corrected chi connectivity index (χ4v) is 6.29. The summed E-state index contributed by atoms with van der Waals surface area (Å²) >= 11 is 6.82. The van der Waals surface area contributed by atoms with Gasteiger partial charge in [-0.2, -0.15) is 0 Å². The van der Waals surface area contributed by atoms with Gasteiger partial charge < -0.3 is 9.80 Å². The number of nitrogens with zero attached hydrogens (tertiary/aromatic N) is 5. The maximum Gasteiger partial charge on any atom is 0.267 e. The first-order valence-corrected chi connectivity index (χ1v) is 14.5. The number of thiocarbonyl (C=S) groups is 1. The molecule has 0 radical (unpaired) electrons. The third-order valence-corrected chi connectivity index (χ3v) is 8.53. The summed E-state index contributed by atoms with van der Waals surface area (Å²) in [6.45, 7) is 7.83. The number of aromatic nitrogens is 2. The molecule has 0 N–H and O–H groups in total. The Labute approximate surface area is 233 Å². The van der Waals surface area contributed by atoms with Crippen molar-refractivity contribution in [1.82, 2.24) is 14.3 Å². The average Bonchev–Trinajstić information content (AvgIpc) is 3.20. The molecule has 0 saturated carbocycles.